The number of fused-ring (bicyclic) bond motifs is 1. The zero-order valence-corrected chi connectivity index (χ0v) is 18.0. The average Bonchev–Trinajstić information content (AvgIpc) is 3.25. The zero-order valence-electron chi connectivity index (χ0n) is 17.2. The highest BCUT2D eigenvalue weighted by Crippen LogP contribution is 2.36. The summed E-state index contributed by atoms with van der Waals surface area (Å²) in [6.45, 7) is 3.84. The Morgan fingerprint density at radius 1 is 1.09 bits per heavy atom. The molecule has 2 aromatic carbocycles. The Labute approximate surface area is 187 Å². The van der Waals surface area contributed by atoms with Crippen molar-refractivity contribution in [2.24, 2.45) is 0 Å². The molecule has 0 bridgehead atoms. The van der Waals surface area contributed by atoms with Crippen LogP contribution in [0.1, 0.15) is 22.3 Å². The number of hydrogen-bond acceptors (Lipinski definition) is 7. The van der Waals surface area contributed by atoms with Gasteiger partial charge in [-0.05, 0) is 78.4 Å². The molecule has 0 atom stereocenters. The van der Waals surface area contributed by atoms with Crippen LogP contribution in [0.5, 0.6) is 11.6 Å². The molecular formula is C24H16FN5OS. The number of aromatic nitrogens is 2. The first-order valence-corrected chi connectivity index (χ1v) is 10.4. The van der Waals surface area contributed by atoms with Crippen LogP contribution >= 0.6 is 11.3 Å². The lowest BCUT2D eigenvalue weighted by Gasteiger charge is -2.14. The Bertz CT molecular complexity index is 1420. The number of nitrogens with zero attached hydrogens (tertiary/aromatic N) is 4. The SMILES string of the molecule is Cc1cc(/C=C/C#N)cc(C)c1Oc1nc(Nc2ccc(C#N)cc2F)nc2ccsc12. The van der Waals surface area contributed by atoms with Crippen molar-refractivity contribution in [3.05, 3.63) is 75.9 Å². The summed E-state index contributed by atoms with van der Waals surface area (Å²) < 4.78 is 21.3. The number of nitrogens with one attached hydrogen (secondary N) is 1. The second-order valence-corrected chi connectivity index (χ2v) is 7.88. The van der Waals surface area contributed by atoms with Gasteiger partial charge in [0.1, 0.15) is 16.3 Å². The maximum atomic E-state index is 14.3. The van der Waals surface area contributed by atoms with E-state index in [1.165, 1.54) is 29.5 Å². The quantitative estimate of drug-likeness (QED) is 0.361. The second-order valence-electron chi connectivity index (χ2n) is 6.97. The molecule has 32 heavy (non-hydrogen) atoms. The highest BCUT2D eigenvalue weighted by Gasteiger charge is 2.15. The molecule has 0 aliphatic rings. The molecule has 8 heteroatoms. The molecule has 1 N–H and O–H groups in total. The predicted octanol–water partition coefficient (Wildman–Crippen LogP) is 6.39. The molecule has 4 rings (SSSR count). The summed E-state index contributed by atoms with van der Waals surface area (Å²) in [5.74, 6) is 0.614. The molecule has 2 aromatic heterocycles. The number of rotatable bonds is 5. The Balaban J connectivity index is 1.71. The van der Waals surface area contributed by atoms with Crippen molar-refractivity contribution in [3.63, 3.8) is 0 Å². The fourth-order valence-electron chi connectivity index (χ4n) is 3.24. The van der Waals surface area contributed by atoms with Crippen LogP contribution in [0.4, 0.5) is 16.0 Å². The maximum absolute atomic E-state index is 14.3. The van der Waals surface area contributed by atoms with E-state index in [-0.39, 0.29) is 17.2 Å². The molecule has 0 radical (unpaired) electrons. The molecular weight excluding hydrogens is 425 g/mol. The van der Waals surface area contributed by atoms with Gasteiger partial charge in [0.2, 0.25) is 11.8 Å². The van der Waals surface area contributed by atoms with Crippen LogP contribution in [0.3, 0.4) is 0 Å². The standard InChI is InChI=1S/C24H16FN5OS/c1-14-10-16(4-3-8-26)11-15(2)21(14)31-23-22-20(7-9-32-22)29-24(30-23)28-19-6-5-17(13-27)12-18(19)25/h3-7,9-12H,1-2H3,(H,28,29,30)/b4-3+. The number of hydrogen-bond donors (Lipinski definition) is 1. The number of allylic oxidation sites excluding steroid dienone is 1. The van der Waals surface area contributed by atoms with Crippen molar-refractivity contribution < 1.29 is 9.13 Å². The van der Waals surface area contributed by atoms with E-state index in [9.17, 15) is 4.39 Å². The number of nitriles is 2. The molecule has 0 amide bonds. The third-order valence-corrected chi connectivity index (χ3v) is 5.54. The van der Waals surface area contributed by atoms with Crippen molar-refractivity contribution in [1.29, 1.82) is 10.5 Å². The smallest absolute Gasteiger partial charge is 0.242 e. The molecule has 0 aliphatic heterocycles. The lowest BCUT2D eigenvalue weighted by Crippen LogP contribution is -2.02. The third-order valence-electron chi connectivity index (χ3n) is 4.65. The molecule has 2 heterocycles. The topological polar surface area (TPSA) is 94.6 Å². The zero-order chi connectivity index (χ0) is 22.7. The van der Waals surface area contributed by atoms with Crippen molar-refractivity contribution in [2.45, 2.75) is 13.8 Å². The van der Waals surface area contributed by atoms with Crippen LogP contribution in [0.25, 0.3) is 16.3 Å². The summed E-state index contributed by atoms with van der Waals surface area (Å²) in [4.78, 5) is 8.92. The predicted molar refractivity (Wildman–Crippen MR) is 122 cm³/mol. The van der Waals surface area contributed by atoms with Crippen molar-refractivity contribution in [1.82, 2.24) is 9.97 Å². The molecule has 156 valence electrons. The van der Waals surface area contributed by atoms with Crippen LogP contribution in [0, 0.1) is 42.3 Å². The van der Waals surface area contributed by atoms with E-state index in [0.29, 0.717) is 17.1 Å². The van der Waals surface area contributed by atoms with Crippen LogP contribution < -0.4 is 10.1 Å². The summed E-state index contributed by atoms with van der Waals surface area (Å²) in [5.41, 5.74) is 3.73. The van der Waals surface area contributed by atoms with Gasteiger partial charge >= 0.3 is 0 Å². The molecule has 0 unspecified atom stereocenters. The van der Waals surface area contributed by atoms with Crippen LogP contribution in [0.15, 0.2) is 47.9 Å². The molecule has 0 saturated carbocycles. The summed E-state index contributed by atoms with van der Waals surface area (Å²) in [7, 11) is 0. The lowest BCUT2D eigenvalue weighted by molar-refractivity contribution is 0.463. The van der Waals surface area contributed by atoms with E-state index in [1.54, 1.807) is 6.08 Å². The van der Waals surface area contributed by atoms with Gasteiger partial charge in [-0.2, -0.15) is 15.5 Å². The minimum absolute atomic E-state index is 0.158. The van der Waals surface area contributed by atoms with Crippen LogP contribution in [0.2, 0.25) is 0 Å². The number of thiophene rings is 1. The molecule has 0 aliphatic carbocycles. The fourth-order valence-corrected chi connectivity index (χ4v) is 3.99. The van der Waals surface area contributed by atoms with E-state index in [1.807, 2.05) is 49.6 Å². The Hall–Kier alpha value is -4.27. The summed E-state index contributed by atoms with van der Waals surface area (Å²) in [6.07, 6.45) is 3.16. The molecule has 4 aromatic rings. The largest absolute Gasteiger partial charge is 0.437 e. The van der Waals surface area contributed by atoms with E-state index in [2.05, 4.69) is 15.3 Å². The van der Waals surface area contributed by atoms with Gasteiger partial charge in [-0.3, -0.25) is 0 Å². The van der Waals surface area contributed by atoms with Gasteiger partial charge in [-0.25, -0.2) is 9.37 Å². The summed E-state index contributed by atoms with van der Waals surface area (Å²) in [6, 6.07) is 13.7. The van der Waals surface area contributed by atoms with E-state index in [4.69, 9.17) is 15.3 Å². The van der Waals surface area contributed by atoms with E-state index >= 15 is 0 Å². The first-order valence-electron chi connectivity index (χ1n) is 9.55. The average molecular weight is 441 g/mol. The lowest BCUT2D eigenvalue weighted by atomic mass is 10.1. The minimum atomic E-state index is -0.576. The molecule has 0 saturated heterocycles. The van der Waals surface area contributed by atoms with E-state index in [0.717, 1.165) is 27.5 Å². The Morgan fingerprint density at radius 3 is 2.56 bits per heavy atom. The monoisotopic (exact) mass is 441 g/mol. The third kappa shape index (κ3) is 4.27. The normalized spacial score (nSPS) is 10.8. The fraction of sp³-hybridized carbons (Fsp3) is 0.0833. The summed E-state index contributed by atoms with van der Waals surface area (Å²) >= 11 is 1.45. The van der Waals surface area contributed by atoms with Gasteiger partial charge in [0.25, 0.3) is 0 Å². The molecule has 6 nitrogen and oxygen atoms in total. The van der Waals surface area contributed by atoms with Crippen LogP contribution in [-0.4, -0.2) is 9.97 Å². The van der Waals surface area contributed by atoms with Gasteiger partial charge in [0, 0.05) is 6.08 Å². The Kier molecular flexibility index (Phi) is 5.80. The minimum Gasteiger partial charge on any atom is -0.437 e. The highest BCUT2D eigenvalue weighted by molar-refractivity contribution is 7.17. The second kappa shape index (κ2) is 8.84. The van der Waals surface area contributed by atoms with Crippen molar-refractivity contribution in [3.8, 4) is 23.8 Å². The van der Waals surface area contributed by atoms with Gasteiger partial charge in [0.05, 0.1) is 28.9 Å². The van der Waals surface area contributed by atoms with Gasteiger partial charge < -0.3 is 10.1 Å². The first-order chi connectivity index (χ1) is 15.5. The summed E-state index contributed by atoms with van der Waals surface area (Å²) in [5, 5.41) is 22.4. The number of anilines is 2. The first kappa shape index (κ1) is 21.0. The van der Waals surface area contributed by atoms with E-state index < -0.39 is 5.82 Å². The Morgan fingerprint density at radius 2 is 1.88 bits per heavy atom. The maximum Gasteiger partial charge on any atom is 0.242 e. The van der Waals surface area contributed by atoms with Gasteiger partial charge in [0.15, 0.2) is 0 Å². The van der Waals surface area contributed by atoms with Crippen molar-refractivity contribution >= 4 is 39.3 Å². The number of ether oxygens (including phenoxy) is 1. The van der Waals surface area contributed by atoms with Crippen LogP contribution in [-0.2, 0) is 0 Å². The van der Waals surface area contributed by atoms with Gasteiger partial charge in [-0.1, -0.05) is 0 Å². The highest BCUT2D eigenvalue weighted by atomic mass is 32.1. The van der Waals surface area contributed by atoms with Crippen molar-refractivity contribution in [2.75, 3.05) is 5.32 Å². The molecule has 0 spiro atoms. The molecule has 0 fully saturated rings. The number of aryl methyl sites for hydroxylation is 2. The van der Waals surface area contributed by atoms with Gasteiger partial charge in [-0.15, -0.1) is 11.3 Å². The number of halogens is 1. The number of benzene rings is 2.